The van der Waals surface area contributed by atoms with E-state index in [4.69, 9.17) is 4.74 Å². The van der Waals surface area contributed by atoms with Crippen molar-refractivity contribution >= 4 is 17.8 Å². The number of ether oxygens (including phenoxy) is 1. The predicted molar refractivity (Wildman–Crippen MR) is 107 cm³/mol. The van der Waals surface area contributed by atoms with Crippen molar-refractivity contribution in [2.75, 3.05) is 44.6 Å². The van der Waals surface area contributed by atoms with Gasteiger partial charge in [-0.15, -0.1) is 0 Å². The van der Waals surface area contributed by atoms with Gasteiger partial charge >= 0.3 is 6.09 Å². The van der Waals surface area contributed by atoms with Crippen LogP contribution in [0, 0.1) is 0 Å². The number of benzene rings is 1. The standard InChI is InChI=1S/C21H26N4O3/c1-2-28-21(27)25-14-12-24(13-15-25)20(26)18-9-11-23-19(16-18)22-10-8-17-6-4-3-5-7-17/h3-7,9,11,16H,2,8,10,12-15H2,1H3,(H,22,23). The number of anilines is 1. The lowest BCUT2D eigenvalue weighted by molar-refractivity contribution is 0.0570. The molecule has 1 N–H and O–H groups in total. The molecule has 0 atom stereocenters. The fourth-order valence-electron chi connectivity index (χ4n) is 3.13. The number of aromatic nitrogens is 1. The van der Waals surface area contributed by atoms with E-state index in [9.17, 15) is 9.59 Å². The molecule has 7 heteroatoms. The summed E-state index contributed by atoms with van der Waals surface area (Å²) in [6.07, 6.45) is 2.21. The summed E-state index contributed by atoms with van der Waals surface area (Å²) in [5.74, 6) is 0.643. The summed E-state index contributed by atoms with van der Waals surface area (Å²) in [6.45, 7) is 4.84. The molecule has 2 aromatic rings. The molecule has 0 saturated carbocycles. The number of nitrogens with zero attached hydrogens (tertiary/aromatic N) is 3. The molecular formula is C21H26N4O3. The summed E-state index contributed by atoms with van der Waals surface area (Å²) in [5.41, 5.74) is 1.85. The van der Waals surface area contributed by atoms with Crippen molar-refractivity contribution in [2.45, 2.75) is 13.3 Å². The smallest absolute Gasteiger partial charge is 0.409 e. The van der Waals surface area contributed by atoms with Gasteiger partial charge in [-0.2, -0.15) is 0 Å². The van der Waals surface area contributed by atoms with E-state index in [-0.39, 0.29) is 12.0 Å². The Kier molecular flexibility index (Phi) is 6.84. The van der Waals surface area contributed by atoms with Crippen LogP contribution in [0.25, 0.3) is 0 Å². The first-order chi connectivity index (χ1) is 13.7. The van der Waals surface area contributed by atoms with Crippen LogP contribution in [-0.4, -0.2) is 66.1 Å². The average molecular weight is 382 g/mol. The lowest BCUT2D eigenvalue weighted by Crippen LogP contribution is -2.50. The number of hydrogen-bond acceptors (Lipinski definition) is 5. The minimum Gasteiger partial charge on any atom is -0.450 e. The van der Waals surface area contributed by atoms with Crippen molar-refractivity contribution < 1.29 is 14.3 Å². The first-order valence-electron chi connectivity index (χ1n) is 9.62. The second-order valence-corrected chi connectivity index (χ2v) is 6.57. The largest absolute Gasteiger partial charge is 0.450 e. The summed E-state index contributed by atoms with van der Waals surface area (Å²) in [4.78, 5) is 32.3. The van der Waals surface area contributed by atoms with Crippen LogP contribution in [0.3, 0.4) is 0 Å². The number of carbonyl (C=O) groups excluding carboxylic acids is 2. The molecule has 2 amide bonds. The third-order valence-corrected chi connectivity index (χ3v) is 4.66. The van der Waals surface area contributed by atoms with Gasteiger partial charge in [0.25, 0.3) is 5.91 Å². The van der Waals surface area contributed by atoms with E-state index < -0.39 is 0 Å². The normalized spacial score (nSPS) is 13.9. The zero-order valence-corrected chi connectivity index (χ0v) is 16.1. The van der Waals surface area contributed by atoms with Gasteiger partial charge in [0.1, 0.15) is 5.82 Å². The number of piperazine rings is 1. The number of carbonyl (C=O) groups is 2. The Morgan fingerprint density at radius 2 is 1.79 bits per heavy atom. The number of rotatable bonds is 6. The lowest BCUT2D eigenvalue weighted by Gasteiger charge is -2.34. The topological polar surface area (TPSA) is 74.8 Å². The minimum absolute atomic E-state index is 0.0444. The van der Waals surface area contributed by atoms with Gasteiger partial charge in [-0.25, -0.2) is 9.78 Å². The Labute approximate surface area is 165 Å². The molecule has 0 unspecified atom stereocenters. The molecule has 28 heavy (non-hydrogen) atoms. The maximum Gasteiger partial charge on any atom is 0.409 e. The molecule has 0 aliphatic carbocycles. The van der Waals surface area contributed by atoms with Crippen molar-refractivity contribution in [3.63, 3.8) is 0 Å². The zero-order chi connectivity index (χ0) is 19.8. The average Bonchev–Trinajstić information content (AvgIpc) is 2.74. The Balaban J connectivity index is 1.52. The molecule has 2 heterocycles. The van der Waals surface area contributed by atoms with E-state index in [0.717, 1.165) is 13.0 Å². The highest BCUT2D eigenvalue weighted by Gasteiger charge is 2.25. The molecule has 7 nitrogen and oxygen atoms in total. The fourth-order valence-corrected chi connectivity index (χ4v) is 3.13. The summed E-state index contributed by atoms with van der Waals surface area (Å²) in [6, 6.07) is 13.7. The number of nitrogens with one attached hydrogen (secondary N) is 1. The molecule has 1 aliphatic rings. The summed E-state index contributed by atoms with van der Waals surface area (Å²) >= 11 is 0. The monoisotopic (exact) mass is 382 g/mol. The summed E-state index contributed by atoms with van der Waals surface area (Å²) in [5, 5.41) is 3.28. The maximum atomic E-state index is 12.8. The molecule has 1 fully saturated rings. The zero-order valence-electron chi connectivity index (χ0n) is 16.1. The van der Waals surface area contributed by atoms with Crippen LogP contribution in [0.15, 0.2) is 48.7 Å². The van der Waals surface area contributed by atoms with Crippen LogP contribution in [-0.2, 0) is 11.2 Å². The van der Waals surface area contributed by atoms with Gasteiger partial charge in [0.05, 0.1) is 6.61 Å². The van der Waals surface area contributed by atoms with Crippen LogP contribution in [0.1, 0.15) is 22.8 Å². The Morgan fingerprint density at radius 1 is 1.07 bits per heavy atom. The van der Waals surface area contributed by atoms with Gasteiger partial charge in [-0.3, -0.25) is 4.79 Å². The van der Waals surface area contributed by atoms with Crippen LogP contribution < -0.4 is 5.32 Å². The van der Waals surface area contributed by atoms with Gasteiger partial charge in [0.2, 0.25) is 0 Å². The molecular weight excluding hydrogens is 356 g/mol. The minimum atomic E-state index is -0.316. The van der Waals surface area contributed by atoms with Gasteiger partial charge in [-0.05, 0) is 31.0 Å². The maximum absolute atomic E-state index is 12.8. The van der Waals surface area contributed by atoms with E-state index in [1.54, 1.807) is 35.1 Å². The molecule has 0 radical (unpaired) electrons. The molecule has 1 aromatic carbocycles. The summed E-state index contributed by atoms with van der Waals surface area (Å²) < 4.78 is 5.01. The van der Waals surface area contributed by atoms with Crippen LogP contribution in [0.5, 0.6) is 0 Å². The highest BCUT2D eigenvalue weighted by atomic mass is 16.6. The molecule has 0 bridgehead atoms. The molecule has 0 spiro atoms. The molecule has 148 valence electrons. The van der Waals surface area contributed by atoms with Crippen LogP contribution in [0.4, 0.5) is 10.6 Å². The Morgan fingerprint density at radius 3 is 2.50 bits per heavy atom. The van der Waals surface area contributed by atoms with Crippen molar-refractivity contribution in [1.29, 1.82) is 0 Å². The fraction of sp³-hybridized carbons (Fsp3) is 0.381. The van der Waals surface area contributed by atoms with Crippen molar-refractivity contribution in [1.82, 2.24) is 14.8 Å². The number of hydrogen-bond donors (Lipinski definition) is 1. The summed E-state index contributed by atoms with van der Waals surface area (Å²) in [7, 11) is 0. The van der Waals surface area contributed by atoms with Gasteiger partial charge in [0, 0.05) is 44.5 Å². The quantitative estimate of drug-likeness (QED) is 0.831. The third kappa shape index (κ3) is 5.22. The van der Waals surface area contributed by atoms with Gasteiger partial charge < -0.3 is 19.9 Å². The lowest BCUT2D eigenvalue weighted by atomic mass is 10.1. The van der Waals surface area contributed by atoms with E-state index in [1.807, 2.05) is 18.2 Å². The van der Waals surface area contributed by atoms with Gasteiger partial charge in [-0.1, -0.05) is 30.3 Å². The van der Waals surface area contributed by atoms with Crippen LogP contribution >= 0.6 is 0 Å². The van der Waals surface area contributed by atoms with Crippen molar-refractivity contribution in [2.24, 2.45) is 0 Å². The first-order valence-corrected chi connectivity index (χ1v) is 9.62. The SMILES string of the molecule is CCOC(=O)N1CCN(C(=O)c2ccnc(NCCc3ccccc3)c2)CC1. The van der Waals surface area contributed by atoms with Crippen molar-refractivity contribution in [3.05, 3.63) is 59.8 Å². The van der Waals surface area contributed by atoms with Crippen LogP contribution in [0.2, 0.25) is 0 Å². The Bertz CT molecular complexity index is 789. The molecule has 1 aromatic heterocycles. The number of pyridine rings is 1. The van der Waals surface area contributed by atoms with E-state index in [1.165, 1.54) is 5.56 Å². The number of amides is 2. The highest BCUT2D eigenvalue weighted by molar-refractivity contribution is 5.95. The third-order valence-electron chi connectivity index (χ3n) is 4.66. The van der Waals surface area contributed by atoms with E-state index >= 15 is 0 Å². The molecule has 1 aliphatic heterocycles. The molecule has 3 rings (SSSR count). The van der Waals surface area contributed by atoms with E-state index in [0.29, 0.717) is 44.2 Å². The second-order valence-electron chi connectivity index (χ2n) is 6.57. The second kappa shape index (κ2) is 9.73. The van der Waals surface area contributed by atoms with E-state index in [2.05, 4.69) is 22.4 Å². The highest BCUT2D eigenvalue weighted by Crippen LogP contribution is 2.13. The Hall–Kier alpha value is -3.09. The predicted octanol–water partition coefficient (Wildman–Crippen LogP) is 2.65. The molecule has 1 saturated heterocycles. The first kappa shape index (κ1) is 19.7. The van der Waals surface area contributed by atoms with Crippen molar-refractivity contribution in [3.8, 4) is 0 Å². The van der Waals surface area contributed by atoms with Gasteiger partial charge in [0.15, 0.2) is 0 Å².